The second kappa shape index (κ2) is 48.9. The maximum Gasteiger partial charge on any atom is 1.00 e. The van der Waals surface area contributed by atoms with Crippen LogP contribution in [0.3, 0.4) is 0 Å². The number of hydrogen-bond donors (Lipinski definition) is 1. The van der Waals surface area contributed by atoms with Crippen LogP contribution < -0.4 is 69.3 Å². The van der Waals surface area contributed by atoms with Crippen molar-refractivity contribution < 1.29 is 99.1 Å². The molecule has 0 rings (SSSR count). The summed E-state index contributed by atoms with van der Waals surface area (Å²) in [5, 5.41) is 29.4. The predicted molar refractivity (Wildman–Crippen MR) is 168 cm³/mol. The molecule has 10 heteroatoms. The second-order valence-corrected chi connectivity index (χ2v) is 10.2. The number of carboxylic acid groups (broad SMARTS) is 3. The van der Waals surface area contributed by atoms with Gasteiger partial charge in [0.05, 0.1) is 5.92 Å². The number of hydrogen-bond acceptors (Lipinski definition) is 6. The molecule has 0 unspecified atom stereocenters. The van der Waals surface area contributed by atoms with E-state index in [1.165, 1.54) is 0 Å². The zero-order valence-electron chi connectivity index (χ0n) is 29.1. The Morgan fingerprint density at radius 1 is 0.535 bits per heavy atom. The molecule has 0 amide bonds. The van der Waals surface area contributed by atoms with E-state index in [1.807, 2.05) is 41.5 Å². The van der Waals surface area contributed by atoms with E-state index in [-0.39, 0.29) is 95.7 Å². The van der Waals surface area contributed by atoms with E-state index in [1.54, 1.807) is 0 Å². The molecule has 8 nitrogen and oxygen atoms in total. The number of carbonyl (C=O) groups is 3. The van der Waals surface area contributed by atoms with E-state index in [9.17, 15) is 29.4 Å². The topological polar surface area (TPSA) is 168 Å². The molecule has 0 aromatic heterocycles. The van der Waals surface area contributed by atoms with Crippen LogP contribution in [0.25, 0.3) is 0 Å². The summed E-state index contributed by atoms with van der Waals surface area (Å²) < 4.78 is 0. The molecule has 0 aromatic carbocycles. The summed E-state index contributed by atoms with van der Waals surface area (Å²) in [4.78, 5) is 41.4. The van der Waals surface area contributed by atoms with Gasteiger partial charge in [-0.2, -0.15) is 0 Å². The minimum Gasteiger partial charge on any atom is -0.550 e. The van der Waals surface area contributed by atoms with Crippen LogP contribution in [-0.2, 0) is 24.7 Å². The Bertz CT molecular complexity index is 491. The molecule has 0 aliphatic carbocycles. The number of aliphatic carboxylic acids is 3. The Balaban J connectivity index is -0.0000000615. The van der Waals surface area contributed by atoms with Gasteiger partial charge in [0.1, 0.15) is 0 Å². The number of carboxylic acids is 3. The van der Waals surface area contributed by atoms with Crippen molar-refractivity contribution >= 4 is 24.2 Å². The Morgan fingerprint density at radius 2 is 0.744 bits per heavy atom. The Labute approximate surface area is 310 Å². The van der Waals surface area contributed by atoms with E-state index < -0.39 is 17.9 Å². The van der Waals surface area contributed by atoms with Gasteiger partial charge < -0.3 is 35.2 Å². The van der Waals surface area contributed by atoms with Crippen LogP contribution >= 0.6 is 0 Å². The Hall–Kier alpha value is 0.0400. The first kappa shape index (κ1) is 62.0. The zero-order chi connectivity index (χ0) is 31.1. The van der Waals surface area contributed by atoms with Crippen LogP contribution in [0.5, 0.6) is 0 Å². The van der Waals surface area contributed by atoms with Crippen molar-refractivity contribution in [3.63, 3.8) is 0 Å². The van der Waals surface area contributed by atoms with Crippen LogP contribution in [0.2, 0.25) is 0 Å². The van der Waals surface area contributed by atoms with Crippen LogP contribution in [0.4, 0.5) is 0 Å². The fourth-order valence-corrected chi connectivity index (χ4v) is 4.20. The standard InChI is InChI=1S/3C8H16O2.C8H15O.CH4.2Na.H2O/c3*1-3-5-7(6-4-2)8(9)10;1-3-5-8(7-9)6-4-2;;;;/h3*7H,3-6H2,1-2H3,(H,9,10);8H,3-6H2,1-2H3;1H4;;;1H2/q;;;-1;;2*+1;/p-1. The van der Waals surface area contributed by atoms with Gasteiger partial charge in [-0.3, -0.25) is 11.1 Å². The van der Waals surface area contributed by atoms with Crippen LogP contribution in [-0.4, -0.2) is 29.3 Å². The third kappa shape index (κ3) is 46.6. The fourth-order valence-electron chi connectivity index (χ4n) is 4.20. The minimum absolute atomic E-state index is 0. The first-order valence-electron chi connectivity index (χ1n) is 15.5. The fraction of sp³-hybridized carbons (Fsp3) is 0.879. The normalized spacial score (nSPS) is 9.30. The first-order valence-corrected chi connectivity index (χ1v) is 15.5. The average molecular weight is 639 g/mol. The molecule has 0 fully saturated rings. The number of rotatable bonds is 20. The molecule has 250 valence electrons. The molecule has 0 radical (unpaired) electrons. The maximum atomic E-state index is 10.5. The van der Waals surface area contributed by atoms with Crippen LogP contribution in [0.1, 0.15) is 166 Å². The molecule has 0 aliphatic heterocycles. The second-order valence-electron chi connectivity index (χ2n) is 10.2. The summed E-state index contributed by atoms with van der Waals surface area (Å²) in [5.41, 5.74) is 0. The molecule has 43 heavy (non-hydrogen) atoms. The quantitative estimate of drug-likeness (QED) is 0.113. The van der Waals surface area contributed by atoms with E-state index in [0.29, 0.717) is 0 Å². The molecular weight excluding hydrogens is 570 g/mol. The molecule has 0 saturated heterocycles. The SMILES string of the molecule is C.CCCC(CCC)C(=O)O.CCCC(CCC)C(=O)[O-].CCCC(CCC)C(=O)[O-].CCCC([C-]=O)CCC.[Na+].[Na+].[OH3+]. The maximum absolute atomic E-state index is 10.5. The van der Waals surface area contributed by atoms with Gasteiger partial charge in [0.25, 0.3) is 0 Å². The van der Waals surface area contributed by atoms with Crippen molar-refractivity contribution in [2.24, 2.45) is 23.7 Å². The average Bonchev–Trinajstić information content (AvgIpc) is 2.89. The largest absolute Gasteiger partial charge is 1.00 e. The minimum atomic E-state index is -0.885. The summed E-state index contributed by atoms with van der Waals surface area (Å²) in [6, 6.07) is 0. The summed E-state index contributed by atoms with van der Waals surface area (Å²) in [6.45, 7) is 16.2. The van der Waals surface area contributed by atoms with Gasteiger partial charge in [-0.05, 0) is 50.4 Å². The monoisotopic (exact) mass is 638 g/mol. The van der Waals surface area contributed by atoms with E-state index >= 15 is 0 Å². The predicted octanol–water partition coefficient (Wildman–Crippen LogP) is 0.228. The summed E-state index contributed by atoms with van der Waals surface area (Å²) in [5.74, 6) is -2.73. The Morgan fingerprint density at radius 3 is 0.884 bits per heavy atom. The van der Waals surface area contributed by atoms with Crippen molar-refractivity contribution in [1.82, 2.24) is 0 Å². The van der Waals surface area contributed by atoms with Crippen molar-refractivity contribution in [3.8, 4) is 0 Å². The summed E-state index contributed by atoms with van der Waals surface area (Å²) in [6.07, 6.45) is 16.6. The van der Waals surface area contributed by atoms with E-state index in [2.05, 4.69) is 20.1 Å². The molecular formula is C33H68Na2O8. The van der Waals surface area contributed by atoms with Gasteiger partial charge in [-0.1, -0.05) is 127 Å². The molecule has 0 spiro atoms. The zero-order valence-corrected chi connectivity index (χ0v) is 33.1. The van der Waals surface area contributed by atoms with Gasteiger partial charge >= 0.3 is 65.1 Å². The van der Waals surface area contributed by atoms with Crippen LogP contribution in [0.15, 0.2) is 0 Å². The van der Waals surface area contributed by atoms with Crippen molar-refractivity contribution in [2.75, 3.05) is 0 Å². The van der Waals surface area contributed by atoms with Crippen LogP contribution in [0, 0.1) is 23.7 Å². The Kier molecular flexibility index (Phi) is 70.5. The van der Waals surface area contributed by atoms with E-state index in [0.717, 1.165) is 103 Å². The van der Waals surface area contributed by atoms with Gasteiger partial charge in [0.2, 0.25) is 0 Å². The van der Waals surface area contributed by atoms with Crippen molar-refractivity contribution in [3.05, 3.63) is 0 Å². The third-order valence-electron chi connectivity index (χ3n) is 6.28. The molecule has 0 bridgehead atoms. The number of carbonyl (C=O) groups excluding carboxylic acids is 3. The van der Waals surface area contributed by atoms with Gasteiger partial charge in [0, 0.05) is 11.9 Å². The first-order chi connectivity index (χ1) is 18.5. The van der Waals surface area contributed by atoms with Crippen molar-refractivity contribution in [2.45, 2.75) is 166 Å². The van der Waals surface area contributed by atoms with E-state index in [4.69, 9.17) is 5.11 Å². The van der Waals surface area contributed by atoms with Gasteiger partial charge in [0.15, 0.2) is 0 Å². The molecule has 0 aliphatic rings. The summed E-state index contributed by atoms with van der Waals surface area (Å²) in [7, 11) is 0. The smallest absolute Gasteiger partial charge is 0.550 e. The molecule has 0 aromatic rings. The molecule has 0 saturated carbocycles. The third-order valence-corrected chi connectivity index (χ3v) is 6.28. The van der Waals surface area contributed by atoms with Crippen molar-refractivity contribution in [1.29, 1.82) is 0 Å². The summed E-state index contributed by atoms with van der Waals surface area (Å²) >= 11 is 0. The molecule has 4 N–H and O–H groups in total. The molecule has 0 atom stereocenters. The van der Waals surface area contributed by atoms with Gasteiger partial charge in [-0.15, -0.1) is 5.92 Å². The van der Waals surface area contributed by atoms with Gasteiger partial charge in [-0.25, -0.2) is 0 Å². The molecule has 0 heterocycles.